The summed E-state index contributed by atoms with van der Waals surface area (Å²) in [5.41, 5.74) is 5.28. The summed E-state index contributed by atoms with van der Waals surface area (Å²) in [6.45, 7) is 0.379. The van der Waals surface area contributed by atoms with Crippen molar-refractivity contribution < 1.29 is 29.4 Å². The quantitative estimate of drug-likeness (QED) is 0.105. The number of benzene rings is 2. The van der Waals surface area contributed by atoms with E-state index in [1.54, 1.807) is 23.6 Å². The van der Waals surface area contributed by atoms with Crippen LogP contribution in [-0.2, 0) is 39.3 Å². The Morgan fingerprint density at radius 1 is 1.00 bits per heavy atom. The average molecular weight is 570 g/mol. The minimum atomic E-state index is -0.568. The number of amides is 2. The van der Waals surface area contributed by atoms with E-state index in [2.05, 4.69) is 15.5 Å². The number of aryl methyl sites for hydroxylation is 1. The van der Waals surface area contributed by atoms with Crippen molar-refractivity contribution in [1.82, 2.24) is 25.6 Å². The molecule has 0 unspecified atom stereocenters. The summed E-state index contributed by atoms with van der Waals surface area (Å²) in [7, 11) is 1.91. The molecule has 3 aromatic rings. The third-order valence-electron chi connectivity index (χ3n) is 6.61. The van der Waals surface area contributed by atoms with E-state index in [1.165, 1.54) is 0 Å². The highest BCUT2D eigenvalue weighted by atomic mass is 32.2. The number of hydroxylamine groups is 1. The zero-order chi connectivity index (χ0) is 28.3. The van der Waals surface area contributed by atoms with Crippen molar-refractivity contribution in [2.45, 2.75) is 68.9 Å². The first kappa shape index (κ1) is 29.7. The van der Waals surface area contributed by atoms with Crippen molar-refractivity contribution in [3.05, 3.63) is 77.1 Å². The fourth-order valence-electron chi connectivity index (χ4n) is 4.30. The Bertz CT molecular complexity index is 1240. The van der Waals surface area contributed by atoms with Gasteiger partial charge in [0.2, 0.25) is 11.8 Å². The first-order valence-corrected chi connectivity index (χ1v) is 14.2. The van der Waals surface area contributed by atoms with Crippen LogP contribution in [0.5, 0.6) is 0 Å². The van der Waals surface area contributed by atoms with Gasteiger partial charge in [-0.05, 0) is 29.5 Å². The molecule has 0 bridgehead atoms. The normalized spacial score (nSPS) is 18.8. The van der Waals surface area contributed by atoms with E-state index in [9.17, 15) is 14.7 Å². The Labute approximate surface area is 237 Å². The molecule has 0 saturated carbocycles. The smallest absolute Gasteiger partial charge is 0.243 e. The molecule has 2 heterocycles. The number of hydrogen-bond donors (Lipinski definition) is 4. The van der Waals surface area contributed by atoms with Crippen LogP contribution >= 0.6 is 11.8 Å². The third-order valence-corrected chi connectivity index (χ3v) is 7.77. The van der Waals surface area contributed by atoms with E-state index in [-0.39, 0.29) is 31.1 Å². The number of carbonyl (C=O) groups is 2. The molecule has 40 heavy (non-hydrogen) atoms. The van der Waals surface area contributed by atoms with Crippen molar-refractivity contribution >= 4 is 23.6 Å². The van der Waals surface area contributed by atoms with Crippen molar-refractivity contribution in [3.8, 4) is 0 Å². The lowest BCUT2D eigenvalue weighted by Crippen LogP contribution is -2.31. The predicted octanol–water partition coefficient (Wildman–Crippen LogP) is 3.33. The van der Waals surface area contributed by atoms with Crippen LogP contribution in [0.1, 0.15) is 66.8 Å². The Balaban J connectivity index is 1.35. The van der Waals surface area contributed by atoms with E-state index in [0.29, 0.717) is 38.0 Å². The van der Waals surface area contributed by atoms with Crippen molar-refractivity contribution in [3.63, 3.8) is 0 Å². The predicted molar refractivity (Wildman–Crippen MR) is 147 cm³/mol. The number of nitrogens with one attached hydrogen (secondary N) is 2. The molecular weight excluding hydrogens is 534 g/mol. The monoisotopic (exact) mass is 569 g/mol. The number of hydrogen-bond acceptors (Lipinski definition) is 9. The number of carbonyl (C=O) groups excluding carboxylic acids is 2. The van der Waals surface area contributed by atoms with Crippen LogP contribution in [0.15, 0.2) is 60.0 Å². The molecule has 1 fully saturated rings. The molecular formula is C28H35N5O6S. The molecule has 0 aliphatic carbocycles. The summed E-state index contributed by atoms with van der Waals surface area (Å²) in [5.74, 6) is 0.144. The number of nitrogens with zero attached hydrogens (tertiary/aromatic N) is 3. The molecule has 1 aromatic heterocycles. The molecule has 3 atom stereocenters. The van der Waals surface area contributed by atoms with Gasteiger partial charge in [-0.15, -0.1) is 10.2 Å². The van der Waals surface area contributed by atoms with Crippen molar-refractivity contribution in [2.24, 2.45) is 7.05 Å². The molecule has 12 heteroatoms. The summed E-state index contributed by atoms with van der Waals surface area (Å²) in [4.78, 5) is 23.2. The Hall–Kier alpha value is -3.29. The Kier molecular flexibility index (Phi) is 11.1. The highest BCUT2D eigenvalue weighted by Crippen LogP contribution is 2.39. The Morgan fingerprint density at radius 2 is 1.68 bits per heavy atom. The van der Waals surface area contributed by atoms with Gasteiger partial charge in [0.25, 0.3) is 0 Å². The van der Waals surface area contributed by atoms with Gasteiger partial charge in [0.15, 0.2) is 11.4 Å². The second kappa shape index (κ2) is 14.9. The van der Waals surface area contributed by atoms with Gasteiger partial charge in [-0.25, -0.2) is 5.48 Å². The lowest BCUT2D eigenvalue weighted by molar-refractivity contribution is -0.245. The van der Waals surface area contributed by atoms with Crippen molar-refractivity contribution in [2.75, 3.05) is 5.75 Å². The minimum Gasteiger partial charge on any atom is -0.392 e. The number of rotatable bonds is 13. The van der Waals surface area contributed by atoms with Gasteiger partial charge in [0.1, 0.15) is 6.33 Å². The highest BCUT2D eigenvalue weighted by Gasteiger charge is 2.32. The second-order valence-electron chi connectivity index (χ2n) is 9.65. The summed E-state index contributed by atoms with van der Waals surface area (Å²) in [6, 6.07) is 15.6. The van der Waals surface area contributed by atoms with Gasteiger partial charge in [0, 0.05) is 44.2 Å². The molecule has 11 nitrogen and oxygen atoms in total. The Morgan fingerprint density at radius 3 is 2.33 bits per heavy atom. The van der Waals surface area contributed by atoms with Crippen molar-refractivity contribution in [1.29, 1.82) is 0 Å². The average Bonchev–Trinajstić information content (AvgIpc) is 3.41. The number of aliphatic hydroxyl groups is 1. The summed E-state index contributed by atoms with van der Waals surface area (Å²) >= 11 is 1.59. The van der Waals surface area contributed by atoms with Gasteiger partial charge in [-0.2, -0.15) is 0 Å². The number of ether oxygens (including phenoxy) is 2. The van der Waals surface area contributed by atoms with Crippen LogP contribution in [-0.4, -0.2) is 48.7 Å². The lowest BCUT2D eigenvalue weighted by Gasteiger charge is -2.36. The molecule has 1 aliphatic heterocycles. The highest BCUT2D eigenvalue weighted by molar-refractivity contribution is 7.99. The summed E-state index contributed by atoms with van der Waals surface area (Å²) in [6.07, 6.45) is 3.10. The number of thioether (sulfide) groups is 1. The van der Waals surface area contributed by atoms with Crippen LogP contribution < -0.4 is 10.8 Å². The molecule has 4 N–H and O–H groups in total. The number of unbranched alkanes of at least 4 members (excludes halogenated alkanes) is 1. The SMILES string of the molecule is Cn1cnnc1SC[C@H]1C[C@@H](c2ccc(CO)cc2)O[C@@H](c2ccc(CNC(=O)CCCCC(=O)NO)cc2)O1. The molecule has 1 aliphatic rings. The maximum atomic E-state index is 12.1. The number of aliphatic hydroxyl groups excluding tert-OH is 1. The van der Waals surface area contributed by atoms with Crippen LogP contribution in [0, 0.1) is 0 Å². The van der Waals surface area contributed by atoms with Gasteiger partial charge < -0.3 is 24.5 Å². The van der Waals surface area contributed by atoms with Crippen LogP contribution in [0.4, 0.5) is 0 Å². The molecule has 0 radical (unpaired) electrons. The molecule has 1 saturated heterocycles. The minimum absolute atomic E-state index is 0.00927. The summed E-state index contributed by atoms with van der Waals surface area (Å²) < 4.78 is 14.6. The van der Waals surface area contributed by atoms with Gasteiger partial charge >= 0.3 is 0 Å². The molecule has 4 rings (SSSR count). The van der Waals surface area contributed by atoms with Crippen LogP contribution in [0.2, 0.25) is 0 Å². The van der Waals surface area contributed by atoms with E-state index in [0.717, 1.165) is 27.4 Å². The van der Waals surface area contributed by atoms with E-state index in [4.69, 9.17) is 14.7 Å². The molecule has 2 amide bonds. The first-order chi connectivity index (χ1) is 19.4. The van der Waals surface area contributed by atoms with E-state index in [1.807, 2.05) is 60.1 Å². The van der Waals surface area contributed by atoms with Gasteiger partial charge in [-0.1, -0.05) is 60.3 Å². The summed E-state index contributed by atoms with van der Waals surface area (Å²) in [5, 5.41) is 29.7. The maximum Gasteiger partial charge on any atom is 0.243 e. The maximum absolute atomic E-state index is 12.1. The zero-order valence-corrected chi connectivity index (χ0v) is 23.2. The number of aromatic nitrogens is 3. The second-order valence-corrected chi connectivity index (χ2v) is 10.6. The molecule has 0 spiro atoms. The molecule has 214 valence electrons. The van der Waals surface area contributed by atoms with Gasteiger partial charge in [0.05, 0.1) is 18.8 Å². The fourth-order valence-corrected chi connectivity index (χ4v) is 5.21. The lowest BCUT2D eigenvalue weighted by atomic mass is 10.0. The van der Waals surface area contributed by atoms with Crippen LogP contribution in [0.25, 0.3) is 0 Å². The van der Waals surface area contributed by atoms with Gasteiger partial charge in [-0.3, -0.25) is 14.8 Å². The van der Waals surface area contributed by atoms with Crippen LogP contribution in [0.3, 0.4) is 0 Å². The fraction of sp³-hybridized carbons (Fsp3) is 0.429. The third kappa shape index (κ3) is 8.60. The zero-order valence-electron chi connectivity index (χ0n) is 22.4. The largest absolute Gasteiger partial charge is 0.392 e. The first-order valence-electron chi connectivity index (χ1n) is 13.2. The topological polar surface area (TPSA) is 148 Å². The van der Waals surface area contributed by atoms with E-state index < -0.39 is 12.2 Å². The molecule has 2 aromatic carbocycles. The van der Waals surface area contributed by atoms with E-state index >= 15 is 0 Å². The standard InChI is InChI=1S/C28H35N5O6S/c1-33-18-30-31-28(33)40-17-23-14-24(21-10-8-20(16-34)9-11-21)39-27(38-23)22-12-6-19(7-13-22)15-29-25(35)4-2-3-5-26(36)32-37/h6-13,18,23-24,27,34,37H,2-5,14-17H2,1H3,(H,29,35)(H,32,36)/t23-,24+,27+/m1/s1.